The predicted molar refractivity (Wildman–Crippen MR) is 68.6 cm³/mol. The first-order valence-electron chi connectivity index (χ1n) is 7.08. The topological polar surface area (TPSA) is 190 Å². The van der Waals surface area contributed by atoms with E-state index < -0.39 is 74.6 Å². The zero-order chi connectivity index (χ0) is 17.3. The normalized spacial score (nSPS) is 51.7. The summed E-state index contributed by atoms with van der Waals surface area (Å²) in [6, 6.07) is 0. The zero-order valence-electron chi connectivity index (χ0n) is 12.0. The molecule has 0 radical (unpaired) electrons. The van der Waals surface area contributed by atoms with Crippen LogP contribution in [0, 0.1) is 0 Å². The third-order valence-electron chi connectivity index (χ3n) is 3.98. The van der Waals surface area contributed by atoms with E-state index in [0.29, 0.717) is 0 Å². The van der Waals surface area contributed by atoms with Gasteiger partial charge in [-0.25, -0.2) is 0 Å². The minimum Gasteiger partial charge on any atom is -0.394 e. The third-order valence-corrected chi connectivity index (χ3v) is 3.98. The summed E-state index contributed by atoms with van der Waals surface area (Å²) in [5.41, 5.74) is 0. The summed E-state index contributed by atoms with van der Waals surface area (Å²) in [4.78, 5) is 0. The predicted octanol–water partition coefficient (Wildman–Crippen LogP) is -5.40. The molecule has 0 aromatic carbocycles. The van der Waals surface area contributed by atoms with Crippen LogP contribution in [0.3, 0.4) is 0 Å². The second-order valence-electron chi connectivity index (χ2n) is 5.53. The van der Waals surface area contributed by atoms with Gasteiger partial charge in [-0.15, -0.1) is 0 Å². The van der Waals surface area contributed by atoms with Crippen LogP contribution in [0.2, 0.25) is 0 Å². The van der Waals surface area contributed by atoms with Crippen molar-refractivity contribution in [1.82, 2.24) is 0 Å². The number of aliphatic hydroxyl groups excluding tert-OH is 8. The van der Waals surface area contributed by atoms with Crippen molar-refractivity contribution >= 4 is 0 Å². The van der Waals surface area contributed by atoms with Gasteiger partial charge in [-0.3, -0.25) is 0 Å². The molecule has 23 heavy (non-hydrogen) atoms. The van der Waals surface area contributed by atoms with Crippen molar-refractivity contribution in [2.75, 3.05) is 13.2 Å². The molecule has 0 amide bonds. The highest BCUT2D eigenvalue weighted by atomic mass is 16.7. The lowest BCUT2D eigenvalue weighted by molar-refractivity contribution is -0.355. The van der Waals surface area contributed by atoms with Crippen molar-refractivity contribution in [2.45, 2.75) is 61.4 Å². The van der Waals surface area contributed by atoms with Gasteiger partial charge in [0.15, 0.2) is 12.6 Å². The van der Waals surface area contributed by atoms with E-state index in [0.717, 1.165) is 0 Å². The van der Waals surface area contributed by atoms with Crippen LogP contribution < -0.4 is 0 Å². The van der Waals surface area contributed by atoms with Crippen molar-refractivity contribution in [3.8, 4) is 0 Å². The molecule has 8 N–H and O–H groups in total. The highest BCUT2D eigenvalue weighted by Gasteiger charge is 2.50. The Labute approximate surface area is 130 Å². The van der Waals surface area contributed by atoms with Crippen molar-refractivity contribution in [3.63, 3.8) is 0 Å². The molecule has 2 fully saturated rings. The van der Waals surface area contributed by atoms with Gasteiger partial charge in [0.25, 0.3) is 0 Å². The lowest BCUT2D eigenvalue weighted by Gasteiger charge is -2.45. The Hall–Kier alpha value is -0.440. The van der Waals surface area contributed by atoms with Crippen LogP contribution in [-0.2, 0) is 14.2 Å². The molecule has 2 rings (SSSR count). The van der Waals surface area contributed by atoms with E-state index in [1.165, 1.54) is 0 Å². The van der Waals surface area contributed by atoms with Crippen LogP contribution in [0.5, 0.6) is 0 Å². The number of rotatable bonds is 4. The average Bonchev–Trinajstić information content (AvgIpc) is 2.55. The fourth-order valence-corrected chi connectivity index (χ4v) is 2.57. The molecule has 0 bridgehead atoms. The molecule has 11 nitrogen and oxygen atoms in total. The lowest BCUT2D eigenvalue weighted by Crippen LogP contribution is -2.64. The van der Waals surface area contributed by atoms with Gasteiger partial charge in [0.2, 0.25) is 0 Å². The van der Waals surface area contributed by atoms with E-state index in [1.807, 2.05) is 0 Å². The first-order chi connectivity index (χ1) is 10.8. The fraction of sp³-hybridized carbons (Fsp3) is 1.00. The molecule has 2 aliphatic heterocycles. The van der Waals surface area contributed by atoms with Gasteiger partial charge in [0, 0.05) is 0 Å². The van der Waals surface area contributed by atoms with E-state index in [2.05, 4.69) is 0 Å². The Morgan fingerprint density at radius 1 is 0.652 bits per heavy atom. The summed E-state index contributed by atoms with van der Waals surface area (Å²) in [5, 5.41) is 76.5. The molecule has 2 heterocycles. The van der Waals surface area contributed by atoms with Gasteiger partial charge in [0.1, 0.15) is 48.8 Å². The number of aliphatic hydroxyl groups is 8. The molecular weight excluding hydrogens is 320 g/mol. The molecule has 0 saturated carbocycles. The molecule has 2 saturated heterocycles. The molecule has 10 atom stereocenters. The third kappa shape index (κ3) is 3.65. The van der Waals surface area contributed by atoms with Crippen molar-refractivity contribution in [1.29, 1.82) is 0 Å². The van der Waals surface area contributed by atoms with Crippen molar-refractivity contribution < 1.29 is 55.1 Å². The Bertz CT molecular complexity index is 378. The Morgan fingerprint density at radius 3 is 1.83 bits per heavy atom. The smallest absolute Gasteiger partial charge is 0.187 e. The number of hydrogen-bond donors (Lipinski definition) is 8. The second kappa shape index (κ2) is 7.63. The summed E-state index contributed by atoms with van der Waals surface area (Å²) in [7, 11) is 0. The first-order valence-corrected chi connectivity index (χ1v) is 7.08. The Balaban J connectivity index is 2.11. The maximum Gasteiger partial charge on any atom is 0.187 e. The van der Waals surface area contributed by atoms with Crippen LogP contribution in [0.25, 0.3) is 0 Å². The Morgan fingerprint density at radius 2 is 1.26 bits per heavy atom. The highest BCUT2D eigenvalue weighted by Crippen LogP contribution is 2.28. The molecule has 11 heteroatoms. The summed E-state index contributed by atoms with van der Waals surface area (Å²) < 4.78 is 15.3. The first kappa shape index (κ1) is 18.9. The monoisotopic (exact) mass is 342 g/mol. The van der Waals surface area contributed by atoms with Gasteiger partial charge < -0.3 is 55.1 Å². The lowest BCUT2D eigenvalue weighted by atomic mass is 9.97. The molecule has 1 unspecified atom stereocenters. The van der Waals surface area contributed by atoms with Crippen LogP contribution in [0.4, 0.5) is 0 Å². The summed E-state index contributed by atoms with van der Waals surface area (Å²) in [5.74, 6) is 0. The molecular formula is C12H22O11. The molecule has 136 valence electrons. The highest BCUT2D eigenvalue weighted by molar-refractivity contribution is 4.93. The average molecular weight is 342 g/mol. The van der Waals surface area contributed by atoms with Crippen molar-refractivity contribution in [2.24, 2.45) is 0 Å². The summed E-state index contributed by atoms with van der Waals surface area (Å²) in [6.07, 6.45) is -15.6. The Kier molecular flexibility index (Phi) is 6.27. The maximum atomic E-state index is 9.94. The molecule has 0 aliphatic carbocycles. The number of hydrogen-bond acceptors (Lipinski definition) is 11. The minimum absolute atomic E-state index is 0.667. The maximum absolute atomic E-state index is 9.94. The van der Waals surface area contributed by atoms with Gasteiger partial charge >= 0.3 is 0 Å². The zero-order valence-corrected chi connectivity index (χ0v) is 12.0. The quantitative estimate of drug-likeness (QED) is 0.243. The van der Waals surface area contributed by atoms with E-state index in [9.17, 15) is 35.7 Å². The van der Waals surface area contributed by atoms with E-state index in [-0.39, 0.29) is 0 Å². The van der Waals surface area contributed by atoms with E-state index in [4.69, 9.17) is 19.3 Å². The van der Waals surface area contributed by atoms with Crippen LogP contribution in [0.15, 0.2) is 0 Å². The minimum atomic E-state index is -1.74. The second-order valence-corrected chi connectivity index (χ2v) is 5.53. The van der Waals surface area contributed by atoms with E-state index in [1.54, 1.807) is 0 Å². The van der Waals surface area contributed by atoms with Gasteiger partial charge in [0.05, 0.1) is 13.2 Å². The summed E-state index contributed by atoms with van der Waals surface area (Å²) >= 11 is 0. The fourth-order valence-electron chi connectivity index (χ4n) is 2.57. The van der Waals surface area contributed by atoms with Crippen LogP contribution in [-0.4, -0.2) is 115 Å². The van der Waals surface area contributed by atoms with E-state index >= 15 is 0 Å². The standard InChI is InChI=1S/C12H22O11/c13-1-3-5(15)6(16)9(19)12(22-3)23-10-4(2-14)21-11(20)8(18)7(10)17/h3-20H,1-2H2/t3-,4+,5-,6+,7+,8+,9-,10+,11?,12-/m1/s1. The van der Waals surface area contributed by atoms with Crippen LogP contribution >= 0.6 is 0 Å². The van der Waals surface area contributed by atoms with Gasteiger partial charge in [-0.1, -0.05) is 0 Å². The van der Waals surface area contributed by atoms with Crippen LogP contribution in [0.1, 0.15) is 0 Å². The van der Waals surface area contributed by atoms with Gasteiger partial charge in [-0.2, -0.15) is 0 Å². The molecule has 0 aromatic rings. The summed E-state index contributed by atoms with van der Waals surface area (Å²) in [6.45, 7) is -1.35. The molecule has 2 aliphatic rings. The van der Waals surface area contributed by atoms with Gasteiger partial charge in [-0.05, 0) is 0 Å². The largest absolute Gasteiger partial charge is 0.394 e. The molecule has 0 spiro atoms. The number of ether oxygens (including phenoxy) is 3. The SMILES string of the molecule is OC[C@@H]1OC(O)[C@@H](O)[C@H](O)[C@H]1O[C@H]1O[C@H](CO)[C@@H](O)[C@H](O)[C@H]1O. The van der Waals surface area contributed by atoms with Crippen molar-refractivity contribution in [3.05, 3.63) is 0 Å². The molecule has 0 aromatic heterocycles.